The number of aliphatic hydroxyl groups is 1. The molecule has 164 valence electrons. The van der Waals surface area contributed by atoms with Crippen molar-refractivity contribution in [1.29, 1.82) is 0 Å². The van der Waals surface area contributed by atoms with Crippen LogP contribution >= 0.6 is 11.8 Å². The van der Waals surface area contributed by atoms with Crippen molar-refractivity contribution in [2.75, 3.05) is 6.61 Å². The molecular weight excluding hydrogens is 422 g/mol. The summed E-state index contributed by atoms with van der Waals surface area (Å²) in [5, 5.41) is 9.50. The zero-order valence-electron chi connectivity index (χ0n) is 17.9. The number of ether oxygens (including phenoxy) is 1. The minimum Gasteiger partial charge on any atom is -0.489 e. The van der Waals surface area contributed by atoms with Crippen molar-refractivity contribution in [3.63, 3.8) is 0 Å². The van der Waals surface area contributed by atoms with Gasteiger partial charge < -0.3 is 9.84 Å². The summed E-state index contributed by atoms with van der Waals surface area (Å²) in [6, 6.07) is 18.1. The molecule has 1 aliphatic carbocycles. The number of amidine groups is 1. The van der Waals surface area contributed by atoms with E-state index in [9.17, 15) is 5.11 Å². The molecule has 0 amide bonds. The van der Waals surface area contributed by atoms with Crippen molar-refractivity contribution < 1.29 is 13.8 Å². The quantitative estimate of drug-likeness (QED) is 0.588. The van der Waals surface area contributed by atoms with E-state index >= 15 is 0 Å². The fourth-order valence-corrected chi connectivity index (χ4v) is 5.02. The monoisotopic (exact) mass is 448 g/mol. The zero-order chi connectivity index (χ0) is 22.0. The first-order valence-corrected chi connectivity index (χ1v) is 11.5. The predicted octanol–water partition coefficient (Wildman–Crippen LogP) is 5.56. The summed E-state index contributed by atoms with van der Waals surface area (Å²) in [7, 11) is 0. The third-order valence-corrected chi connectivity index (χ3v) is 6.99. The molecule has 3 aliphatic rings. The summed E-state index contributed by atoms with van der Waals surface area (Å²) in [5.74, 6) is 2.28. The first kappa shape index (κ1) is 21.1. The second-order valence-corrected chi connectivity index (χ2v) is 9.15. The van der Waals surface area contributed by atoms with Crippen LogP contribution in [0.2, 0.25) is 0 Å². The topological polar surface area (TPSA) is 54.2 Å². The molecule has 6 heteroatoms. The maximum atomic E-state index is 9.50. The van der Waals surface area contributed by atoms with Crippen molar-refractivity contribution in [3.05, 3.63) is 89.5 Å². The number of nitrogens with zero attached hydrogens (tertiary/aromatic N) is 3. The summed E-state index contributed by atoms with van der Waals surface area (Å²) in [5.41, 5.74) is 4.00. The number of benzene rings is 2. The first-order chi connectivity index (χ1) is 15.7. The molecule has 0 radical (unpaired) electrons. The second-order valence-electron chi connectivity index (χ2n) is 8.62. The summed E-state index contributed by atoms with van der Waals surface area (Å²) in [6.45, 7) is 0.773. The van der Waals surface area contributed by atoms with Gasteiger partial charge in [0.25, 0.3) is 5.84 Å². The highest BCUT2D eigenvalue weighted by atomic mass is 35.5. The second kappa shape index (κ2) is 9.02. The van der Waals surface area contributed by atoms with Gasteiger partial charge in [0.15, 0.2) is 11.8 Å². The molecule has 2 aromatic rings. The van der Waals surface area contributed by atoms with Gasteiger partial charge in [0.2, 0.25) is 5.70 Å². The van der Waals surface area contributed by atoms with Crippen LogP contribution in [0.4, 0.5) is 0 Å². The van der Waals surface area contributed by atoms with E-state index in [1.807, 2.05) is 54.9 Å². The molecule has 1 N–H and O–H groups in total. The lowest BCUT2D eigenvalue weighted by Crippen LogP contribution is -2.37. The van der Waals surface area contributed by atoms with Gasteiger partial charge in [-0.3, -0.25) is 4.99 Å². The van der Waals surface area contributed by atoms with Gasteiger partial charge in [0.05, 0.1) is 18.0 Å². The first-order valence-electron chi connectivity index (χ1n) is 11.2. The number of quaternary nitrogens is 1. The number of fused-ring (bicyclic) bond motifs is 1. The normalized spacial score (nSPS) is 26.8. The predicted molar refractivity (Wildman–Crippen MR) is 127 cm³/mol. The number of aliphatic hydroxyl groups excluding tert-OH is 1. The molecule has 2 aromatic carbocycles. The van der Waals surface area contributed by atoms with Gasteiger partial charge in [-0.2, -0.15) is 4.99 Å². The Kier molecular flexibility index (Phi) is 5.96. The Hall–Kier alpha value is -2.73. The van der Waals surface area contributed by atoms with Crippen molar-refractivity contribution in [2.24, 2.45) is 21.8 Å². The Labute approximate surface area is 193 Å². The molecule has 1 atom stereocenters. The highest BCUT2D eigenvalue weighted by molar-refractivity contribution is 6.20. The van der Waals surface area contributed by atoms with Crippen LogP contribution in [0.3, 0.4) is 0 Å². The van der Waals surface area contributed by atoms with E-state index in [0.29, 0.717) is 18.4 Å². The van der Waals surface area contributed by atoms with Gasteiger partial charge in [0.1, 0.15) is 24.3 Å². The smallest absolute Gasteiger partial charge is 0.263 e. The molecule has 1 saturated carbocycles. The largest absolute Gasteiger partial charge is 0.489 e. The lowest BCUT2D eigenvalue weighted by molar-refractivity contribution is -0.600. The summed E-state index contributed by atoms with van der Waals surface area (Å²) in [6.07, 6.45) is 9.49. The average molecular weight is 449 g/mol. The third-order valence-electron chi connectivity index (χ3n) is 6.53. The van der Waals surface area contributed by atoms with Crippen LogP contribution in [-0.4, -0.2) is 27.8 Å². The number of hydrogen-bond acceptors (Lipinski definition) is 4. The van der Waals surface area contributed by atoms with Gasteiger partial charge in [0, 0.05) is 12.5 Å². The molecule has 5 nitrogen and oxygen atoms in total. The SMILES string of the molecule is OCC1CCC(C2=C3C=NC=C[N+]3(Cl)C(c3cccc(OCc4ccccc4)c3)=N2)CC1. The van der Waals surface area contributed by atoms with Gasteiger partial charge >= 0.3 is 0 Å². The number of rotatable bonds is 6. The standard InChI is InChI=1S/C26H27ClN3O2/c27-30-14-13-28-16-24(30)25(21-11-9-19(17-31)10-12-21)29-26(30)22-7-4-8-23(15-22)32-18-20-5-2-1-3-6-20/h1-8,13-16,19,21,31H,9-12,17-18H2/q+1. The number of halogens is 1. The van der Waals surface area contributed by atoms with Crippen molar-refractivity contribution in [2.45, 2.75) is 32.3 Å². The van der Waals surface area contributed by atoms with Crippen molar-refractivity contribution in [3.8, 4) is 5.75 Å². The Morgan fingerprint density at radius 1 is 1.03 bits per heavy atom. The van der Waals surface area contributed by atoms with E-state index in [0.717, 1.165) is 59.8 Å². The van der Waals surface area contributed by atoms with Crippen LogP contribution in [0.25, 0.3) is 0 Å². The van der Waals surface area contributed by atoms with Crippen LogP contribution < -0.4 is 4.74 Å². The highest BCUT2D eigenvalue weighted by Gasteiger charge is 2.47. The van der Waals surface area contributed by atoms with E-state index in [-0.39, 0.29) is 10.6 Å². The number of hydrogen-bond donors (Lipinski definition) is 1. The maximum Gasteiger partial charge on any atom is 0.263 e. The van der Waals surface area contributed by atoms with Crippen molar-refractivity contribution >= 4 is 23.8 Å². The van der Waals surface area contributed by atoms with E-state index < -0.39 is 0 Å². The lowest BCUT2D eigenvalue weighted by atomic mass is 9.80. The Balaban J connectivity index is 1.42. The molecule has 5 rings (SSSR count). The lowest BCUT2D eigenvalue weighted by Gasteiger charge is -2.27. The van der Waals surface area contributed by atoms with Gasteiger partial charge in [-0.15, -0.1) is 4.00 Å². The van der Waals surface area contributed by atoms with E-state index in [4.69, 9.17) is 21.5 Å². The Morgan fingerprint density at radius 3 is 2.62 bits per heavy atom. The summed E-state index contributed by atoms with van der Waals surface area (Å²) < 4.78 is 6.04. The minimum absolute atomic E-state index is 0.000893. The van der Waals surface area contributed by atoms with Crippen molar-refractivity contribution in [1.82, 2.24) is 0 Å². The molecule has 0 spiro atoms. The molecule has 2 aliphatic heterocycles. The van der Waals surface area contributed by atoms with E-state index in [2.05, 4.69) is 17.1 Å². The highest BCUT2D eigenvalue weighted by Crippen LogP contribution is 2.44. The Bertz CT molecular complexity index is 1100. The molecule has 32 heavy (non-hydrogen) atoms. The molecule has 0 saturated heterocycles. The minimum atomic E-state index is 0.000893. The molecule has 2 heterocycles. The number of allylic oxidation sites excluding steroid dienone is 2. The van der Waals surface area contributed by atoms with Crippen LogP contribution in [0.1, 0.15) is 36.8 Å². The summed E-state index contributed by atoms with van der Waals surface area (Å²) in [4.78, 5) is 9.43. The van der Waals surface area contributed by atoms with Gasteiger partial charge in [-0.25, -0.2) is 0 Å². The average Bonchev–Trinajstić information content (AvgIpc) is 3.16. The fourth-order valence-electron chi connectivity index (χ4n) is 4.71. The molecular formula is C26H27ClN3O2+. The van der Waals surface area contributed by atoms with Crippen LogP contribution in [0.5, 0.6) is 5.75 Å². The zero-order valence-corrected chi connectivity index (χ0v) is 18.7. The molecule has 0 aromatic heterocycles. The van der Waals surface area contributed by atoms with E-state index in [1.54, 1.807) is 6.20 Å². The molecule has 1 fully saturated rings. The van der Waals surface area contributed by atoms with Gasteiger partial charge in [-0.1, -0.05) is 36.4 Å². The van der Waals surface area contributed by atoms with Crippen LogP contribution in [-0.2, 0) is 6.61 Å². The van der Waals surface area contributed by atoms with Gasteiger partial charge in [-0.05, 0) is 55.4 Å². The Morgan fingerprint density at radius 2 is 1.84 bits per heavy atom. The third kappa shape index (κ3) is 4.04. The van der Waals surface area contributed by atoms with E-state index in [1.165, 1.54) is 0 Å². The molecule has 1 unspecified atom stereocenters. The van der Waals surface area contributed by atoms with Crippen LogP contribution in [0.15, 0.2) is 88.4 Å². The summed E-state index contributed by atoms with van der Waals surface area (Å²) >= 11 is 7.16. The fraction of sp³-hybridized carbons (Fsp3) is 0.308. The number of aliphatic imine (C=N–C) groups is 2. The maximum absolute atomic E-state index is 9.50. The molecule has 0 bridgehead atoms. The van der Waals surface area contributed by atoms with Crippen LogP contribution in [0, 0.1) is 11.8 Å².